The van der Waals surface area contributed by atoms with Gasteiger partial charge in [-0.25, -0.2) is 4.79 Å². The highest BCUT2D eigenvalue weighted by Gasteiger charge is 2.53. The van der Waals surface area contributed by atoms with Crippen LogP contribution in [0.1, 0.15) is 67.1 Å². The van der Waals surface area contributed by atoms with E-state index in [0.29, 0.717) is 6.61 Å². The van der Waals surface area contributed by atoms with Crippen molar-refractivity contribution in [3.63, 3.8) is 0 Å². The van der Waals surface area contributed by atoms with Crippen molar-refractivity contribution in [1.82, 2.24) is 4.98 Å². The minimum absolute atomic E-state index is 0.143. The average Bonchev–Trinajstić information content (AvgIpc) is 2.59. The van der Waals surface area contributed by atoms with Crippen LogP contribution in [-0.4, -0.2) is 17.6 Å². The van der Waals surface area contributed by atoms with Gasteiger partial charge in [-0.2, -0.15) is 0 Å². The summed E-state index contributed by atoms with van der Waals surface area (Å²) in [6.07, 6.45) is 7.90. The van der Waals surface area contributed by atoms with Crippen LogP contribution in [-0.2, 0) is 10.2 Å². The van der Waals surface area contributed by atoms with E-state index in [0.717, 1.165) is 34.5 Å². The van der Waals surface area contributed by atoms with Crippen molar-refractivity contribution in [3.05, 3.63) is 41.1 Å². The number of fused-ring (bicyclic) bond motifs is 1. The molecule has 0 atom stereocenters. The molecule has 26 heavy (non-hydrogen) atoms. The zero-order valence-corrected chi connectivity index (χ0v) is 15.8. The second-order valence-corrected chi connectivity index (χ2v) is 8.88. The van der Waals surface area contributed by atoms with Gasteiger partial charge < -0.3 is 4.74 Å². The van der Waals surface area contributed by atoms with Crippen LogP contribution in [0, 0.1) is 24.7 Å². The van der Waals surface area contributed by atoms with E-state index in [9.17, 15) is 4.79 Å². The third-order valence-electron chi connectivity index (χ3n) is 7.12. The second-order valence-electron chi connectivity index (χ2n) is 8.88. The number of carbonyl (C=O) groups excluding carboxylic acids is 1. The van der Waals surface area contributed by atoms with E-state index in [4.69, 9.17) is 9.72 Å². The topological polar surface area (TPSA) is 39.2 Å². The van der Waals surface area contributed by atoms with Gasteiger partial charge in [-0.3, -0.25) is 4.98 Å². The number of pyridine rings is 1. The van der Waals surface area contributed by atoms with Gasteiger partial charge in [0.05, 0.1) is 23.4 Å². The molecule has 3 heteroatoms. The average molecular weight is 349 g/mol. The number of aromatic nitrogens is 1. The fraction of sp³-hybridized carbons (Fsp3) is 0.565. The van der Waals surface area contributed by atoms with Crippen LogP contribution in [0.25, 0.3) is 10.9 Å². The van der Waals surface area contributed by atoms with Gasteiger partial charge in [0.1, 0.15) is 0 Å². The molecule has 0 amide bonds. The predicted octanol–water partition coefficient (Wildman–Crippen LogP) is 5.19. The third kappa shape index (κ3) is 2.32. The lowest BCUT2D eigenvalue weighted by atomic mass is 9.47. The standard InChI is InChI=1S/C23H27NO2/c1-3-26-22(25)20-14(2)24-19-7-5-4-6-18(19)21(20)23-11-15-8-16(12-23)10-17(9-15)13-23/h4-7,15-17H,3,8-13H2,1-2H3. The van der Waals surface area contributed by atoms with Gasteiger partial charge in [-0.05, 0) is 87.2 Å². The number of benzene rings is 1. The number of hydrogen-bond acceptors (Lipinski definition) is 3. The zero-order valence-electron chi connectivity index (χ0n) is 15.8. The maximum absolute atomic E-state index is 13.0. The van der Waals surface area contributed by atoms with Crippen LogP contribution in [0.4, 0.5) is 0 Å². The molecule has 4 aliphatic rings. The Kier molecular flexibility index (Phi) is 3.63. The van der Waals surface area contributed by atoms with Gasteiger partial charge in [-0.1, -0.05) is 18.2 Å². The lowest BCUT2D eigenvalue weighted by Gasteiger charge is -2.57. The largest absolute Gasteiger partial charge is 0.462 e. The Morgan fingerprint density at radius 1 is 1.12 bits per heavy atom. The van der Waals surface area contributed by atoms with E-state index in [-0.39, 0.29) is 11.4 Å². The van der Waals surface area contributed by atoms with E-state index in [1.165, 1.54) is 49.5 Å². The summed E-state index contributed by atoms with van der Waals surface area (Å²) in [4.78, 5) is 17.7. The van der Waals surface area contributed by atoms with Crippen molar-refractivity contribution in [3.8, 4) is 0 Å². The van der Waals surface area contributed by atoms with E-state index >= 15 is 0 Å². The fourth-order valence-electron chi connectivity index (χ4n) is 6.76. The highest BCUT2D eigenvalue weighted by Crippen LogP contribution is 2.62. The summed E-state index contributed by atoms with van der Waals surface area (Å²) in [6, 6.07) is 8.38. The first-order valence-corrected chi connectivity index (χ1v) is 10.2. The van der Waals surface area contributed by atoms with Crippen molar-refractivity contribution in [2.75, 3.05) is 6.61 Å². The van der Waals surface area contributed by atoms with Gasteiger partial charge in [-0.15, -0.1) is 0 Å². The Balaban J connectivity index is 1.78. The summed E-state index contributed by atoms with van der Waals surface area (Å²) in [5.74, 6) is 2.32. The molecule has 136 valence electrons. The lowest BCUT2D eigenvalue weighted by molar-refractivity contribution is -0.00541. The van der Waals surface area contributed by atoms with Crippen molar-refractivity contribution in [1.29, 1.82) is 0 Å². The number of hydrogen-bond donors (Lipinski definition) is 0. The SMILES string of the molecule is CCOC(=O)c1c(C)nc2ccccc2c1C12CC3CC(CC(C3)C1)C2. The molecular formula is C23H27NO2. The Bertz CT molecular complexity index is 850. The predicted molar refractivity (Wildman–Crippen MR) is 102 cm³/mol. The summed E-state index contributed by atoms with van der Waals surface area (Å²) in [6.45, 7) is 4.26. The van der Waals surface area contributed by atoms with E-state index in [1.54, 1.807) is 0 Å². The van der Waals surface area contributed by atoms with Gasteiger partial charge >= 0.3 is 5.97 Å². The Morgan fingerprint density at radius 2 is 1.73 bits per heavy atom. The normalized spacial score (nSPS) is 32.2. The number of ether oxygens (including phenoxy) is 1. The molecule has 1 aromatic heterocycles. The molecule has 1 heterocycles. The summed E-state index contributed by atoms with van der Waals surface area (Å²) < 4.78 is 5.48. The number of esters is 1. The summed E-state index contributed by atoms with van der Waals surface area (Å²) in [7, 11) is 0. The first kappa shape index (κ1) is 16.3. The lowest BCUT2D eigenvalue weighted by Crippen LogP contribution is -2.49. The van der Waals surface area contributed by atoms with E-state index in [2.05, 4.69) is 18.2 Å². The number of rotatable bonds is 3. The molecule has 0 aliphatic heterocycles. The van der Waals surface area contributed by atoms with Gasteiger partial charge in [0.15, 0.2) is 0 Å². The highest BCUT2D eigenvalue weighted by atomic mass is 16.5. The summed E-state index contributed by atoms with van der Waals surface area (Å²) in [5, 5.41) is 1.17. The second kappa shape index (κ2) is 5.80. The molecule has 3 nitrogen and oxygen atoms in total. The molecule has 1 aromatic carbocycles. The molecule has 0 radical (unpaired) electrons. The molecule has 0 saturated heterocycles. The maximum atomic E-state index is 13.0. The van der Waals surface area contributed by atoms with Crippen molar-refractivity contribution in [2.45, 2.75) is 57.8 Å². The molecule has 2 aromatic rings. The molecule has 0 spiro atoms. The third-order valence-corrected chi connectivity index (χ3v) is 7.12. The maximum Gasteiger partial charge on any atom is 0.340 e. The molecule has 6 rings (SSSR count). The smallest absolute Gasteiger partial charge is 0.340 e. The minimum Gasteiger partial charge on any atom is -0.462 e. The first-order chi connectivity index (χ1) is 12.6. The molecular weight excluding hydrogens is 322 g/mol. The molecule has 0 N–H and O–H groups in total. The van der Waals surface area contributed by atoms with E-state index in [1.807, 2.05) is 19.9 Å². The zero-order chi connectivity index (χ0) is 17.9. The van der Waals surface area contributed by atoms with Gasteiger partial charge in [0, 0.05) is 5.39 Å². The van der Waals surface area contributed by atoms with E-state index < -0.39 is 0 Å². The summed E-state index contributed by atoms with van der Waals surface area (Å²) >= 11 is 0. The van der Waals surface area contributed by atoms with Crippen molar-refractivity contribution < 1.29 is 9.53 Å². The van der Waals surface area contributed by atoms with Crippen LogP contribution < -0.4 is 0 Å². The fourth-order valence-corrected chi connectivity index (χ4v) is 6.76. The molecule has 4 fully saturated rings. The molecule has 0 unspecified atom stereocenters. The van der Waals surface area contributed by atoms with Crippen LogP contribution in [0.3, 0.4) is 0 Å². The Hall–Kier alpha value is -1.90. The van der Waals surface area contributed by atoms with Crippen LogP contribution >= 0.6 is 0 Å². The van der Waals surface area contributed by atoms with Gasteiger partial charge in [0.25, 0.3) is 0 Å². The Morgan fingerprint density at radius 3 is 2.35 bits per heavy atom. The quantitative estimate of drug-likeness (QED) is 0.716. The monoisotopic (exact) mass is 349 g/mol. The van der Waals surface area contributed by atoms with Crippen LogP contribution in [0.15, 0.2) is 24.3 Å². The Labute approximate surface area is 155 Å². The van der Waals surface area contributed by atoms with Crippen LogP contribution in [0.2, 0.25) is 0 Å². The number of nitrogens with zero attached hydrogens (tertiary/aromatic N) is 1. The highest BCUT2D eigenvalue weighted by molar-refractivity contribution is 5.99. The number of aryl methyl sites for hydroxylation is 1. The minimum atomic E-state index is -0.186. The summed E-state index contributed by atoms with van der Waals surface area (Å²) in [5.41, 5.74) is 4.01. The van der Waals surface area contributed by atoms with Crippen molar-refractivity contribution >= 4 is 16.9 Å². The number of para-hydroxylation sites is 1. The molecule has 4 bridgehead atoms. The van der Waals surface area contributed by atoms with Crippen LogP contribution in [0.5, 0.6) is 0 Å². The van der Waals surface area contributed by atoms with Gasteiger partial charge in [0.2, 0.25) is 0 Å². The molecule has 4 aliphatic carbocycles. The first-order valence-electron chi connectivity index (χ1n) is 10.2. The molecule has 4 saturated carbocycles. The van der Waals surface area contributed by atoms with Crippen molar-refractivity contribution in [2.24, 2.45) is 17.8 Å². The number of carbonyl (C=O) groups is 1.